The summed E-state index contributed by atoms with van der Waals surface area (Å²) in [7, 11) is 0. The quantitative estimate of drug-likeness (QED) is 0.589. The molecule has 0 amide bonds. The average molecular weight is 398 g/mol. The van der Waals surface area contributed by atoms with E-state index in [1.165, 1.54) is 11.6 Å². The van der Waals surface area contributed by atoms with Crippen molar-refractivity contribution < 1.29 is 19.4 Å². The van der Waals surface area contributed by atoms with Crippen molar-refractivity contribution in [2.24, 2.45) is 22.7 Å². The maximum absolute atomic E-state index is 12.5. The Bertz CT molecular complexity index is 898. The number of carbonyl (C=O) groups is 1. The molecule has 2 N–H and O–H groups in total. The zero-order chi connectivity index (χ0) is 20.4. The van der Waals surface area contributed by atoms with Gasteiger partial charge in [0.2, 0.25) is 0 Å². The maximum Gasteiger partial charge on any atom is 0.335 e. The fourth-order valence-corrected chi connectivity index (χ4v) is 7.59. The molecule has 5 rings (SSSR count). The lowest BCUT2D eigenvalue weighted by molar-refractivity contribution is -0.200. The molecule has 29 heavy (non-hydrogen) atoms. The lowest BCUT2D eigenvalue weighted by Gasteiger charge is -2.61. The Hall–Kier alpha value is -1.72. The molecule has 7 atom stereocenters. The first-order valence-electron chi connectivity index (χ1n) is 11.0. The monoisotopic (exact) mass is 398 g/mol. The Morgan fingerprint density at radius 3 is 2.72 bits per heavy atom. The van der Waals surface area contributed by atoms with Crippen molar-refractivity contribution in [3.05, 3.63) is 46.0 Å². The molecule has 4 aliphatic rings. The molecule has 1 aromatic rings. The van der Waals surface area contributed by atoms with Gasteiger partial charge in [-0.2, -0.15) is 0 Å². The largest absolute Gasteiger partial charge is 0.431 e. The van der Waals surface area contributed by atoms with Crippen LogP contribution in [0.5, 0.6) is 0 Å². The minimum absolute atomic E-state index is 0.00516. The second kappa shape index (κ2) is 6.39. The van der Waals surface area contributed by atoms with Crippen LogP contribution in [0.2, 0.25) is 0 Å². The summed E-state index contributed by atoms with van der Waals surface area (Å²) in [6.07, 6.45) is 10.2. The number of hydrogen-bond donors (Lipinski definition) is 2. The Morgan fingerprint density at radius 1 is 1.17 bits per heavy atom. The highest BCUT2D eigenvalue weighted by atomic mass is 16.4. The van der Waals surface area contributed by atoms with Crippen LogP contribution in [-0.2, 0) is 4.79 Å². The van der Waals surface area contributed by atoms with Crippen molar-refractivity contribution >= 4 is 6.29 Å². The van der Waals surface area contributed by atoms with Crippen LogP contribution < -0.4 is 5.63 Å². The summed E-state index contributed by atoms with van der Waals surface area (Å²) in [6.45, 7) is 2.32. The van der Waals surface area contributed by atoms with Crippen LogP contribution in [0.3, 0.4) is 0 Å². The molecule has 0 radical (unpaired) electrons. The smallest absolute Gasteiger partial charge is 0.335 e. The van der Waals surface area contributed by atoms with Crippen molar-refractivity contribution in [3.63, 3.8) is 0 Å². The van der Waals surface area contributed by atoms with Crippen LogP contribution in [0.4, 0.5) is 0 Å². The van der Waals surface area contributed by atoms with Crippen LogP contribution in [0.1, 0.15) is 69.8 Å². The molecule has 5 heteroatoms. The third-order valence-electron chi connectivity index (χ3n) is 9.06. The highest BCUT2D eigenvalue weighted by Gasteiger charge is 2.65. The van der Waals surface area contributed by atoms with Gasteiger partial charge < -0.3 is 19.4 Å². The molecule has 4 aliphatic carbocycles. The van der Waals surface area contributed by atoms with Crippen LogP contribution in [0.15, 0.2) is 39.3 Å². The van der Waals surface area contributed by atoms with Crippen LogP contribution >= 0.6 is 0 Å². The van der Waals surface area contributed by atoms with E-state index in [9.17, 15) is 19.8 Å². The first kappa shape index (κ1) is 19.3. The average Bonchev–Trinajstić information content (AvgIpc) is 3.05. The van der Waals surface area contributed by atoms with Gasteiger partial charge in [-0.15, -0.1) is 0 Å². The van der Waals surface area contributed by atoms with Gasteiger partial charge in [0.25, 0.3) is 0 Å². The van der Waals surface area contributed by atoms with Gasteiger partial charge in [-0.25, -0.2) is 4.79 Å². The molecular formula is C24H30O5. The van der Waals surface area contributed by atoms with Crippen LogP contribution in [0, 0.1) is 22.7 Å². The zero-order valence-electron chi connectivity index (χ0n) is 17.0. The van der Waals surface area contributed by atoms with E-state index in [0.29, 0.717) is 31.6 Å². The molecule has 1 aromatic heterocycles. The van der Waals surface area contributed by atoms with E-state index in [-0.39, 0.29) is 22.9 Å². The molecule has 0 aromatic carbocycles. The summed E-state index contributed by atoms with van der Waals surface area (Å²) in [6, 6.07) is 3.39. The molecule has 0 aliphatic heterocycles. The number of aliphatic hydroxyl groups excluding tert-OH is 1. The molecule has 0 bridgehead atoms. The van der Waals surface area contributed by atoms with E-state index in [4.69, 9.17) is 4.42 Å². The Balaban J connectivity index is 1.49. The number of allylic oxidation sites excluding steroid dienone is 2. The van der Waals surface area contributed by atoms with Crippen molar-refractivity contribution in [3.8, 4) is 0 Å². The molecule has 5 nitrogen and oxygen atoms in total. The van der Waals surface area contributed by atoms with E-state index in [1.54, 1.807) is 6.26 Å². The van der Waals surface area contributed by atoms with E-state index < -0.39 is 17.1 Å². The first-order valence-corrected chi connectivity index (χ1v) is 11.0. The highest BCUT2D eigenvalue weighted by molar-refractivity contribution is 5.64. The SMILES string of the molecule is C[C@]12CC[C@H]3[C@H](CC[C@]4(O)C[C@H](O)CC[C@]34C=O)C1=CC[C@H]2c1ccc(=O)oc1. The summed E-state index contributed by atoms with van der Waals surface area (Å²) < 4.78 is 5.15. The Labute approximate surface area is 170 Å². The van der Waals surface area contributed by atoms with Gasteiger partial charge in [-0.05, 0) is 79.7 Å². The Morgan fingerprint density at radius 2 is 2.00 bits per heavy atom. The van der Waals surface area contributed by atoms with Crippen molar-refractivity contribution in [1.82, 2.24) is 0 Å². The summed E-state index contributed by atoms with van der Waals surface area (Å²) in [5, 5.41) is 21.6. The second-order valence-corrected chi connectivity index (χ2v) is 10.1. The van der Waals surface area contributed by atoms with Gasteiger partial charge >= 0.3 is 5.63 Å². The van der Waals surface area contributed by atoms with Gasteiger partial charge in [0.1, 0.15) is 6.29 Å². The van der Waals surface area contributed by atoms with E-state index in [0.717, 1.165) is 37.5 Å². The maximum atomic E-state index is 12.5. The molecule has 3 fully saturated rings. The highest BCUT2D eigenvalue weighted by Crippen LogP contribution is 2.67. The molecule has 0 saturated heterocycles. The number of aliphatic hydroxyl groups is 2. The molecule has 0 spiro atoms. The van der Waals surface area contributed by atoms with Crippen molar-refractivity contribution in [2.45, 2.75) is 75.9 Å². The van der Waals surface area contributed by atoms with Gasteiger partial charge in [0.05, 0.1) is 23.4 Å². The number of aldehydes is 1. The van der Waals surface area contributed by atoms with Crippen LogP contribution in [-0.4, -0.2) is 28.2 Å². The van der Waals surface area contributed by atoms with Crippen molar-refractivity contribution in [2.75, 3.05) is 0 Å². The van der Waals surface area contributed by atoms with Crippen molar-refractivity contribution in [1.29, 1.82) is 0 Å². The Kier molecular flexibility index (Phi) is 4.24. The fourth-order valence-electron chi connectivity index (χ4n) is 7.59. The zero-order valence-corrected chi connectivity index (χ0v) is 17.0. The minimum atomic E-state index is -1.08. The number of fused-ring (bicyclic) bond motifs is 5. The molecule has 1 heterocycles. The minimum Gasteiger partial charge on any atom is -0.431 e. The fraction of sp³-hybridized carbons (Fsp3) is 0.667. The predicted molar refractivity (Wildman–Crippen MR) is 107 cm³/mol. The van der Waals surface area contributed by atoms with Crippen LogP contribution in [0.25, 0.3) is 0 Å². The van der Waals surface area contributed by atoms with Gasteiger partial charge in [-0.3, -0.25) is 0 Å². The summed E-state index contributed by atoms with van der Waals surface area (Å²) >= 11 is 0. The van der Waals surface area contributed by atoms with E-state index in [1.807, 2.05) is 6.07 Å². The summed E-state index contributed by atoms with van der Waals surface area (Å²) in [4.78, 5) is 23.9. The summed E-state index contributed by atoms with van der Waals surface area (Å²) in [5.74, 6) is 0.720. The number of hydrogen-bond acceptors (Lipinski definition) is 5. The number of carbonyl (C=O) groups excluding carboxylic acids is 1. The standard InChI is InChI=1S/C24H30O5/c1-22-9-8-20-17(7-11-24(28)12-16(26)6-10-23(20,24)14-25)19(22)4-3-18(22)15-2-5-21(27)29-13-15/h2,4-5,13-14,16-18,20,26,28H,3,6-12H2,1H3/t16-,17-,18+,20+,22-,23+,24+/m1/s1. The molecule has 156 valence electrons. The lowest BCUT2D eigenvalue weighted by Crippen LogP contribution is -2.64. The predicted octanol–water partition coefficient (Wildman–Crippen LogP) is 3.34. The molecule has 3 saturated carbocycles. The first-order chi connectivity index (χ1) is 13.8. The summed E-state index contributed by atoms with van der Waals surface area (Å²) in [5.41, 5.74) is 0.342. The molecular weight excluding hydrogens is 368 g/mol. The van der Waals surface area contributed by atoms with E-state index >= 15 is 0 Å². The topological polar surface area (TPSA) is 87.7 Å². The van der Waals surface area contributed by atoms with Gasteiger partial charge in [-0.1, -0.05) is 18.6 Å². The lowest BCUT2D eigenvalue weighted by atomic mass is 9.44. The second-order valence-electron chi connectivity index (χ2n) is 10.1. The molecule has 0 unspecified atom stereocenters. The van der Waals surface area contributed by atoms with Gasteiger partial charge in [0.15, 0.2) is 0 Å². The third-order valence-corrected chi connectivity index (χ3v) is 9.06. The van der Waals surface area contributed by atoms with E-state index in [2.05, 4.69) is 13.0 Å². The third kappa shape index (κ3) is 2.53. The number of rotatable bonds is 2. The normalized spacial score (nSPS) is 46.2. The van der Waals surface area contributed by atoms with Gasteiger partial charge in [0, 0.05) is 12.5 Å².